The molecule has 0 spiro atoms. The molecule has 0 saturated heterocycles. The van der Waals surface area contributed by atoms with E-state index in [2.05, 4.69) is 17.2 Å². The second kappa shape index (κ2) is 8.01. The average molecular weight is 354 g/mol. The van der Waals surface area contributed by atoms with Crippen molar-refractivity contribution in [2.75, 3.05) is 6.61 Å². The molecule has 1 unspecified atom stereocenters. The molecule has 0 radical (unpaired) electrons. The molecule has 6 nitrogen and oxygen atoms in total. The summed E-state index contributed by atoms with van der Waals surface area (Å²) in [6.07, 6.45) is 4.42. The summed E-state index contributed by atoms with van der Waals surface area (Å²) in [6, 6.07) is 9.62. The van der Waals surface area contributed by atoms with Gasteiger partial charge in [0.25, 0.3) is 0 Å². The summed E-state index contributed by atoms with van der Waals surface area (Å²) in [5.74, 6) is -0.462. The van der Waals surface area contributed by atoms with Crippen LogP contribution in [0.5, 0.6) is 5.75 Å². The van der Waals surface area contributed by atoms with Gasteiger partial charge in [0.05, 0.1) is 12.0 Å². The highest BCUT2D eigenvalue weighted by molar-refractivity contribution is 5.97. The topological polar surface area (TPSA) is 84.6 Å². The van der Waals surface area contributed by atoms with Gasteiger partial charge in [0, 0.05) is 30.5 Å². The number of furan rings is 1. The molecule has 2 heterocycles. The van der Waals surface area contributed by atoms with E-state index >= 15 is 0 Å². The summed E-state index contributed by atoms with van der Waals surface area (Å²) in [7, 11) is 0. The van der Waals surface area contributed by atoms with Gasteiger partial charge in [0.15, 0.2) is 0 Å². The van der Waals surface area contributed by atoms with Gasteiger partial charge in [0.1, 0.15) is 11.3 Å². The lowest BCUT2D eigenvalue weighted by molar-refractivity contribution is 0.0664. The number of rotatable bonds is 8. The first-order chi connectivity index (χ1) is 12.6. The summed E-state index contributed by atoms with van der Waals surface area (Å²) >= 11 is 0. The lowest BCUT2D eigenvalue weighted by Gasteiger charge is -2.14. The number of carboxylic acid groups (broad SMARTS) is 1. The van der Waals surface area contributed by atoms with E-state index in [1.165, 1.54) is 0 Å². The van der Waals surface area contributed by atoms with Crippen LogP contribution in [0.4, 0.5) is 0 Å². The highest BCUT2D eigenvalue weighted by Crippen LogP contribution is 2.33. The van der Waals surface area contributed by atoms with Crippen molar-refractivity contribution in [1.29, 1.82) is 0 Å². The van der Waals surface area contributed by atoms with Gasteiger partial charge >= 0.3 is 5.97 Å². The van der Waals surface area contributed by atoms with Crippen LogP contribution in [0.15, 0.2) is 47.1 Å². The molecular formula is C20H22N2O4. The van der Waals surface area contributed by atoms with Crippen molar-refractivity contribution in [2.45, 2.75) is 32.9 Å². The third-order valence-electron chi connectivity index (χ3n) is 4.30. The Morgan fingerprint density at radius 3 is 2.92 bits per heavy atom. The molecular weight excluding hydrogens is 332 g/mol. The highest BCUT2D eigenvalue weighted by Gasteiger charge is 2.19. The van der Waals surface area contributed by atoms with Crippen LogP contribution in [0, 0.1) is 6.92 Å². The van der Waals surface area contributed by atoms with Crippen LogP contribution < -0.4 is 10.1 Å². The second-order valence-corrected chi connectivity index (χ2v) is 6.27. The molecule has 1 aromatic carbocycles. The van der Waals surface area contributed by atoms with Gasteiger partial charge in [-0.05, 0) is 44.0 Å². The van der Waals surface area contributed by atoms with E-state index in [4.69, 9.17) is 9.15 Å². The van der Waals surface area contributed by atoms with E-state index in [0.717, 1.165) is 23.9 Å². The first kappa shape index (κ1) is 17.9. The number of carboxylic acids is 1. The van der Waals surface area contributed by atoms with Crippen molar-refractivity contribution in [1.82, 2.24) is 10.3 Å². The summed E-state index contributed by atoms with van der Waals surface area (Å²) < 4.78 is 11.3. The number of pyridine rings is 1. The zero-order valence-corrected chi connectivity index (χ0v) is 14.9. The van der Waals surface area contributed by atoms with E-state index in [-0.39, 0.29) is 11.8 Å². The van der Waals surface area contributed by atoms with Gasteiger partial charge < -0.3 is 19.6 Å². The fourth-order valence-electron chi connectivity index (χ4n) is 2.83. The Morgan fingerprint density at radius 2 is 2.19 bits per heavy atom. The highest BCUT2D eigenvalue weighted by atomic mass is 16.5. The van der Waals surface area contributed by atoms with Crippen molar-refractivity contribution in [2.24, 2.45) is 0 Å². The number of carbonyl (C=O) groups is 1. The summed E-state index contributed by atoms with van der Waals surface area (Å²) in [6.45, 7) is 5.12. The van der Waals surface area contributed by atoms with Crippen molar-refractivity contribution in [3.05, 3.63) is 59.6 Å². The molecule has 6 heteroatoms. The van der Waals surface area contributed by atoms with E-state index < -0.39 is 5.97 Å². The third kappa shape index (κ3) is 4.03. The van der Waals surface area contributed by atoms with Crippen molar-refractivity contribution in [3.63, 3.8) is 0 Å². The predicted molar refractivity (Wildman–Crippen MR) is 98.6 cm³/mol. The number of nitrogens with one attached hydrogen (secondary N) is 1. The van der Waals surface area contributed by atoms with E-state index in [1.54, 1.807) is 25.3 Å². The molecule has 3 rings (SSSR count). The quantitative estimate of drug-likeness (QED) is 0.640. The zero-order valence-electron chi connectivity index (χ0n) is 14.9. The van der Waals surface area contributed by atoms with E-state index in [9.17, 15) is 9.90 Å². The Balaban J connectivity index is 1.58. The Morgan fingerprint density at radius 1 is 1.35 bits per heavy atom. The number of aromatic carboxylic acids is 1. The Labute approximate surface area is 151 Å². The van der Waals surface area contributed by atoms with Gasteiger partial charge in [-0.15, -0.1) is 0 Å². The molecule has 0 fully saturated rings. The molecule has 1 atom stereocenters. The first-order valence-electron chi connectivity index (χ1n) is 8.56. The van der Waals surface area contributed by atoms with Crippen LogP contribution in [0.25, 0.3) is 11.0 Å². The van der Waals surface area contributed by atoms with Crippen LogP contribution in [0.3, 0.4) is 0 Å². The van der Waals surface area contributed by atoms with Crippen LogP contribution in [0.2, 0.25) is 0 Å². The van der Waals surface area contributed by atoms with Crippen LogP contribution >= 0.6 is 0 Å². The normalized spacial score (nSPS) is 12.2. The average Bonchev–Trinajstić information content (AvgIpc) is 2.99. The number of benzene rings is 1. The van der Waals surface area contributed by atoms with Crippen LogP contribution in [0.1, 0.15) is 35.0 Å². The predicted octanol–water partition coefficient (Wildman–Crippen LogP) is 3.78. The number of aromatic nitrogens is 1. The molecule has 0 aliphatic carbocycles. The Hall–Kier alpha value is -2.86. The maximum absolute atomic E-state index is 11.2. The zero-order chi connectivity index (χ0) is 18.5. The van der Waals surface area contributed by atoms with Crippen LogP contribution in [-0.4, -0.2) is 28.7 Å². The summed E-state index contributed by atoms with van der Waals surface area (Å²) in [5, 5.41) is 13.4. The van der Waals surface area contributed by atoms with Crippen LogP contribution in [-0.2, 0) is 6.54 Å². The van der Waals surface area contributed by atoms with Crippen molar-refractivity contribution >= 4 is 16.9 Å². The smallest absolute Gasteiger partial charge is 0.372 e. The molecule has 136 valence electrons. The number of fused-ring (bicyclic) bond motifs is 1. The lowest BCUT2D eigenvalue weighted by atomic mass is 10.1. The largest absolute Gasteiger partial charge is 0.493 e. The molecule has 2 N–H and O–H groups in total. The number of aryl methyl sites for hydroxylation is 1. The number of ether oxygens (including phenoxy) is 1. The van der Waals surface area contributed by atoms with Gasteiger partial charge in [-0.25, -0.2) is 4.79 Å². The lowest BCUT2D eigenvalue weighted by Crippen LogP contribution is -2.27. The number of hydrogen-bond acceptors (Lipinski definition) is 5. The first-order valence-corrected chi connectivity index (χ1v) is 8.56. The summed E-state index contributed by atoms with van der Waals surface area (Å²) in [5.41, 5.74) is 2.26. The van der Waals surface area contributed by atoms with Crippen molar-refractivity contribution < 1.29 is 19.1 Å². The molecule has 0 bridgehead atoms. The minimum absolute atomic E-state index is 0.0393. The number of hydrogen-bond donors (Lipinski definition) is 2. The fraction of sp³-hybridized carbons (Fsp3) is 0.300. The molecule has 0 amide bonds. The molecule has 3 aromatic rings. The minimum atomic E-state index is -1.07. The third-order valence-corrected chi connectivity index (χ3v) is 4.30. The maximum atomic E-state index is 11.2. The fourth-order valence-corrected chi connectivity index (χ4v) is 2.83. The van der Waals surface area contributed by atoms with Gasteiger partial charge in [-0.3, -0.25) is 4.98 Å². The van der Waals surface area contributed by atoms with Gasteiger partial charge in [-0.2, -0.15) is 0 Å². The minimum Gasteiger partial charge on any atom is -0.493 e. The molecule has 0 aliphatic rings. The Bertz CT molecular complexity index is 889. The molecule has 0 aliphatic heterocycles. The number of nitrogens with zero attached hydrogens (tertiary/aromatic N) is 1. The Kier molecular flexibility index (Phi) is 5.53. The van der Waals surface area contributed by atoms with Gasteiger partial charge in [0.2, 0.25) is 5.76 Å². The maximum Gasteiger partial charge on any atom is 0.372 e. The monoisotopic (exact) mass is 354 g/mol. The van der Waals surface area contributed by atoms with Crippen molar-refractivity contribution in [3.8, 4) is 5.75 Å². The van der Waals surface area contributed by atoms with E-state index in [1.807, 2.05) is 24.4 Å². The second-order valence-electron chi connectivity index (χ2n) is 6.27. The van der Waals surface area contributed by atoms with Gasteiger partial charge in [-0.1, -0.05) is 12.1 Å². The SMILES string of the molecule is Cc1c(C(=O)O)oc2cccc(OCCC(C)NCc3cccnc3)c12. The van der Waals surface area contributed by atoms with E-state index in [0.29, 0.717) is 23.5 Å². The summed E-state index contributed by atoms with van der Waals surface area (Å²) in [4.78, 5) is 15.3. The molecule has 26 heavy (non-hydrogen) atoms. The standard InChI is InChI=1S/C20H22N2O4/c1-13(22-12-15-5-4-9-21-11-15)8-10-25-16-6-3-7-17-18(16)14(2)19(26-17)20(23)24/h3-7,9,11,13,22H,8,10,12H2,1-2H3,(H,23,24). The molecule has 0 saturated carbocycles. The molecule has 2 aromatic heterocycles.